The number of hydrogen-bond acceptors (Lipinski definition) is 6. The van der Waals surface area contributed by atoms with Crippen LogP contribution in [0.2, 0.25) is 0 Å². The van der Waals surface area contributed by atoms with E-state index in [0.717, 1.165) is 55.5 Å². The third kappa shape index (κ3) is 3.51. The summed E-state index contributed by atoms with van der Waals surface area (Å²) < 4.78 is 5.24. The van der Waals surface area contributed by atoms with Crippen LogP contribution >= 0.6 is 0 Å². The van der Waals surface area contributed by atoms with Gasteiger partial charge in [-0.05, 0) is 12.5 Å². The fraction of sp³-hybridized carbons (Fsp3) is 0.438. The maximum atomic E-state index is 5.24. The second-order valence-electron chi connectivity index (χ2n) is 5.52. The number of ether oxygens (including phenoxy) is 1. The number of anilines is 1. The van der Waals surface area contributed by atoms with E-state index < -0.39 is 0 Å². The van der Waals surface area contributed by atoms with E-state index in [1.807, 2.05) is 31.6 Å². The lowest BCUT2D eigenvalue weighted by molar-refractivity contribution is 0.244. The average molecular weight is 299 g/mol. The first kappa shape index (κ1) is 14.7. The molecule has 3 rings (SSSR count). The van der Waals surface area contributed by atoms with Gasteiger partial charge in [-0.25, -0.2) is 9.97 Å². The van der Waals surface area contributed by atoms with Crippen molar-refractivity contribution >= 4 is 5.69 Å². The van der Waals surface area contributed by atoms with Crippen molar-refractivity contribution in [1.82, 2.24) is 19.9 Å². The molecule has 116 valence electrons. The van der Waals surface area contributed by atoms with Crippen molar-refractivity contribution in [2.75, 3.05) is 38.2 Å². The van der Waals surface area contributed by atoms with Crippen LogP contribution in [0.25, 0.3) is 0 Å². The number of aromatic nitrogens is 3. The molecule has 0 spiro atoms. The molecule has 1 fully saturated rings. The molecular formula is C16H21N5O. The Labute approximate surface area is 130 Å². The minimum atomic E-state index is 0.799. The normalized spacial score (nSPS) is 15.8. The highest BCUT2D eigenvalue weighted by atomic mass is 16.5. The van der Waals surface area contributed by atoms with E-state index in [0.29, 0.717) is 0 Å². The molecule has 2 aromatic heterocycles. The molecule has 22 heavy (non-hydrogen) atoms. The quantitative estimate of drug-likeness (QED) is 0.853. The first-order valence-electron chi connectivity index (χ1n) is 7.48. The van der Waals surface area contributed by atoms with Gasteiger partial charge in [0.15, 0.2) is 0 Å². The summed E-state index contributed by atoms with van der Waals surface area (Å²) in [6, 6.07) is 2.03. The molecule has 0 saturated carbocycles. The van der Waals surface area contributed by atoms with Gasteiger partial charge >= 0.3 is 0 Å². The number of nitrogens with zero attached hydrogens (tertiary/aromatic N) is 5. The first-order valence-corrected chi connectivity index (χ1v) is 7.48. The van der Waals surface area contributed by atoms with E-state index in [4.69, 9.17) is 4.74 Å². The third-order valence-corrected chi connectivity index (χ3v) is 3.87. The van der Waals surface area contributed by atoms with Crippen LogP contribution < -0.4 is 9.64 Å². The summed E-state index contributed by atoms with van der Waals surface area (Å²) in [4.78, 5) is 17.7. The Hall–Kier alpha value is -2.21. The van der Waals surface area contributed by atoms with E-state index in [2.05, 4.69) is 24.8 Å². The van der Waals surface area contributed by atoms with Crippen molar-refractivity contribution in [2.45, 2.75) is 13.5 Å². The maximum absolute atomic E-state index is 5.24. The molecule has 0 amide bonds. The standard InChI is InChI=1S/C16H21N5O/c1-13-8-18-16(19-9-13)12-20-3-5-21(6-4-20)14-7-15(22-2)11-17-10-14/h7-11H,3-6,12H2,1-2H3. The summed E-state index contributed by atoms with van der Waals surface area (Å²) in [5.41, 5.74) is 2.21. The topological polar surface area (TPSA) is 54.4 Å². The van der Waals surface area contributed by atoms with E-state index >= 15 is 0 Å². The van der Waals surface area contributed by atoms with Crippen LogP contribution in [0.4, 0.5) is 5.69 Å². The van der Waals surface area contributed by atoms with E-state index in [1.165, 1.54) is 0 Å². The van der Waals surface area contributed by atoms with Crippen LogP contribution in [0.5, 0.6) is 5.75 Å². The molecule has 0 radical (unpaired) electrons. The summed E-state index contributed by atoms with van der Waals surface area (Å²) >= 11 is 0. The molecule has 0 unspecified atom stereocenters. The van der Waals surface area contributed by atoms with Gasteiger partial charge in [-0.15, -0.1) is 0 Å². The Bertz CT molecular complexity index is 608. The van der Waals surface area contributed by atoms with Crippen molar-refractivity contribution in [3.05, 3.63) is 42.2 Å². The molecule has 0 N–H and O–H groups in total. The van der Waals surface area contributed by atoms with Crippen LogP contribution in [-0.2, 0) is 6.54 Å². The molecule has 6 heteroatoms. The second-order valence-corrected chi connectivity index (χ2v) is 5.52. The van der Waals surface area contributed by atoms with Gasteiger partial charge in [-0.1, -0.05) is 0 Å². The van der Waals surface area contributed by atoms with Gasteiger partial charge in [-0.3, -0.25) is 9.88 Å². The van der Waals surface area contributed by atoms with Gasteiger partial charge in [-0.2, -0.15) is 0 Å². The van der Waals surface area contributed by atoms with Crippen LogP contribution in [0.3, 0.4) is 0 Å². The summed E-state index contributed by atoms with van der Waals surface area (Å²) in [5, 5.41) is 0. The van der Waals surface area contributed by atoms with Crippen molar-refractivity contribution in [1.29, 1.82) is 0 Å². The minimum Gasteiger partial charge on any atom is -0.495 e. The Morgan fingerprint density at radius 3 is 2.45 bits per heavy atom. The Morgan fingerprint density at radius 1 is 1.05 bits per heavy atom. The van der Waals surface area contributed by atoms with Gasteiger partial charge in [0.2, 0.25) is 0 Å². The van der Waals surface area contributed by atoms with Crippen LogP contribution in [0.15, 0.2) is 30.9 Å². The number of hydrogen-bond donors (Lipinski definition) is 0. The smallest absolute Gasteiger partial charge is 0.142 e. The second kappa shape index (κ2) is 6.70. The van der Waals surface area contributed by atoms with Gasteiger partial charge in [0.05, 0.1) is 31.7 Å². The summed E-state index contributed by atoms with van der Waals surface area (Å²) in [6.45, 7) is 6.75. The number of rotatable bonds is 4. The van der Waals surface area contributed by atoms with Crippen molar-refractivity contribution in [3.8, 4) is 5.75 Å². The summed E-state index contributed by atoms with van der Waals surface area (Å²) in [5.74, 6) is 1.69. The van der Waals surface area contributed by atoms with E-state index in [-0.39, 0.29) is 0 Å². The minimum absolute atomic E-state index is 0.799. The van der Waals surface area contributed by atoms with Gasteiger partial charge in [0.1, 0.15) is 11.6 Å². The average Bonchev–Trinajstić information content (AvgIpc) is 2.58. The lowest BCUT2D eigenvalue weighted by Gasteiger charge is -2.35. The third-order valence-electron chi connectivity index (χ3n) is 3.87. The monoisotopic (exact) mass is 299 g/mol. The first-order chi connectivity index (χ1) is 10.7. The predicted molar refractivity (Wildman–Crippen MR) is 85.0 cm³/mol. The fourth-order valence-corrected chi connectivity index (χ4v) is 2.56. The number of aryl methyl sites for hydroxylation is 1. The molecule has 0 atom stereocenters. The van der Waals surface area contributed by atoms with Crippen LogP contribution in [-0.4, -0.2) is 53.1 Å². The molecule has 0 aliphatic carbocycles. The zero-order chi connectivity index (χ0) is 15.4. The molecule has 1 saturated heterocycles. The molecule has 0 aromatic carbocycles. The van der Waals surface area contributed by atoms with E-state index in [1.54, 1.807) is 13.3 Å². The van der Waals surface area contributed by atoms with Gasteiger partial charge in [0.25, 0.3) is 0 Å². The molecule has 2 aromatic rings. The number of methoxy groups -OCH3 is 1. The number of pyridine rings is 1. The maximum Gasteiger partial charge on any atom is 0.142 e. The summed E-state index contributed by atoms with van der Waals surface area (Å²) in [6.07, 6.45) is 7.37. The highest BCUT2D eigenvalue weighted by Crippen LogP contribution is 2.20. The predicted octanol–water partition coefficient (Wildman–Crippen LogP) is 1.51. The van der Waals surface area contributed by atoms with Gasteiger partial charge in [0, 0.05) is 44.6 Å². The molecule has 1 aliphatic heterocycles. The van der Waals surface area contributed by atoms with Crippen molar-refractivity contribution < 1.29 is 4.74 Å². The molecule has 0 bridgehead atoms. The van der Waals surface area contributed by atoms with Crippen LogP contribution in [0.1, 0.15) is 11.4 Å². The fourth-order valence-electron chi connectivity index (χ4n) is 2.56. The highest BCUT2D eigenvalue weighted by molar-refractivity contribution is 5.48. The largest absolute Gasteiger partial charge is 0.495 e. The van der Waals surface area contributed by atoms with Crippen molar-refractivity contribution in [2.24, 2.45) is 0 Å². The lowest BCUT2D eigenvalue weighted by atomic mass is 10.2. The zero-order valence-electron chi connectivity index (χ0n) is 13.1. The zero-order valence-corrected chi connectivity index (χ0v) is 13.1. The molecule has 1 aliphatic rings. The van der Waals surface area contributed by atoms with Crippen molar-refractivity contribution in [3.63, 3.8) is 0 Å². The highest BCUT2D eigenvalue weighted by Gasteiger charge is 2.18. The Kier molecular flexibility index (Phi) is 4.48. The molecular weight excluding hydrogens is 278 g/mol. The van der Waals surface area contributed by atoms with Crippen LogP contribution in [0, 0.1) is 6.92 Å². The number of piperazine rings is 1. The summed E-state index contributed by atoms with van der Waals surface area (Å²) in [7, 11) is 1.67. The lowest BCUT2D eigenvalue weighted by Crippen LogP contribution is -2.46. The Morgan fingerprint density at radius 2 is 1.77 bits per heavy atom. The molecule has 6 nitrogen and oxygen atoms in total. The SMILES string of the molecule is COc1cncc(N2CCN(Cc3ncc(C)cn3)CC2)c1. The molecule has 3 heterocycles. The van der Waals surface area contributed by atoms with E-state index in [9.17, 15) is 0 Å². The van der Waals surface area contributed by atoms with Gasteiger partial charge < -0.3 is 9.64 Å². The Balaban J connectivity index is 1.56.